The molecule has 0 bridgehead atoms. The van der Waals surface area contributed by atoms with Crippen molar-refractivity contribution in [3.8, 4) is 0 Å². The molecule has 4 heteroatoms. The molecule has 4 nitrogen and oxygen atoms in total. The minimum absolute atomic E-state index is 0.0960. The van der Waals surface area contributed by atoms with Crippen molar-refractivity contribution in [2.75, 3.05) is 7.11 Å². The zero-order valence-electron chi connectivity index (χ0n) is 7.75. The molecule has 0 radical (unpaired) electrons. The SMILES string of the molecule is COC(=O)C(=NC(C)=O)C(C)C. The molecule has 0 rings (SSSR count). The third-order valence-electron chi connectivity index (χ3n) is 1.22. The van der Waals surface area contributed by atoms with Crippen LogP contribution in [0.5, 0.6) is 0 Å². The molecule has 0 saturated heterocycles. The maximum atomic E-state index is 11.0. The van der Waals surface area contributed by atoms with Crippen molar-refractivity contribution >= 4 is 17.6 Å². The van der Waals surface area contributed by atoms with Gasteiger partial charge in [-0.2, -0.15) is 0 Å². The van der Waals surface area contributed by atoms with Gasteiger partial charge in [-0.1, -0.05) is 13.8 Å². The number of nitrogens with zero attached hydrogens (tertiary/aromatic N) is 1. The summed E-state index contributed by atoms with van der Waals surface area (Å²) in [7, 11) is 1.26. The second-order valence-corrected chi connectivity index (χ2v) is 2.66. The number of hydrogen-bond donors (Lipinski definition) is 0. The number of amides is 1. The quantitative estimate of drug-likeness (QED) is 0.456. The van der Waals surface area contributed by atoms with Gasteiger partial charge in [0.1, 0.15) is 5.71 Å². The van der Waals surface area contributed by atoms with E-state index in [1.165, 1.54) is 14.0 Å². The summed E-state index contributed by atoms with van der Waals surface area (Å²) in [6.45, 7) is 4.85. The van der Waals surface area contributed by atoms with E-state index >= 15 is 0 Å². The van der Waals surface area contributed by atoms with Gasteiger partial charge in [-0.25, -0.2) is 9.79 Å². The molecule has 0 unspecified atom stereocenters. The smallest absolute Gasteiger partial charge is 0.352 e. The number of ether oxygens (including phenoxy) is 1. The molecule has 0 aliphatic rings. The third kappa shape index (κ3) is 3.27. The summed E-state index contributed by atoms with van der Waals surface area (Å²) >= 11 is 0. The lowest BCUT2D eigenvalue weighted by atomic mass is 10.1. The molecule has 0 N–H and O–H groups in total. The van der Waals surface area contributed by atoms with E-state index in [9.17, 15) is 9.59 Å². The minimum Gasteiger partial charge on any atom is -0.465 e. The molecule has 0 aromatic carbocycles. The zero-order chi connectivity index (χ0) is 9.72. The lowest BCUT2D eigenvalue weighted by Crippen LogP contribution is -2.22. The molecular formula is C8H13NO3. The van der Waals surface area contributed by atoms with Crippen molar-refractivity contribution in [3.63, 3.8) is 0 Å². The summed E-state index contributed by atoms with van der Waals surface area (Å²) in [5.41, 5.74) is 0.171. The molecule has 0 spiro atoms. The molecule has 0 aromatic rings. The molecule has 0 atom stereocenters. The Hall–Kier alpha value is -1.19. The number of carbonyl (C=O) groups is 2. The van der Waals surface area contributed by atoms with E-state index in [4.69, 9.17) is 0 Å². The van der Waals surface area contributed by atoms with Gasteiger partial charge in [0, 0.05) is 12.8 Å². The standard InChI is InChI=1S/C8H13NO3/c1-5(2)7(8(11)12-4)9-6(3)10/h5H,1-4H3. The van der Waals surface area contributed by atoms with Crippen molar-refractivity contribution < 1.29 is 14.3 Å². The summed E-state index contributed by atoms with van der Waals surface area (Å²) in [5.74, 6) is -1.02. The fourth-order valence-corrected chi connectivity index (χ4v) is 0.685. The number of aliphatic imine (C=N–C) groups is 1. The molecule has 0 aliphatic heterocycles. The van der Waals surface area contributed by atoms with Crippen LogP contribution in [0.25, 0.3) is 0 Å². The first-order valence-electron chi connectivity index (χ1n) is 3.66. The highest BCUT2D eigenvalue weighted by molar-refractivity contribution is 6.38. The number of hydrogen-bond acceptors (Lipinski definition) is 3. The lowest BCUT2D eigenvalue weighted by molar-refractivity contribution is -0.133. The number of methoxy groups -OCH3 is 1. The first-order chi connectivity index (χ1) is 5.49. The van der Waals surface area contributed by atoms with Crippen LogP contribution in [0.4, 0.5) is 0 Å². The van der Waals surface area contributed by atoms with E-state index in [2.05, 4.69) is 9.73 Å². The molecular weight excluding hydrogens is 158 g/mol. The van der Waals surface area contributed by atoms with Crippen LogP contribution in [0.15, 0.2) is 4.99 Å². The Morgan fingerprint density at radius 3 is 2.08 bits per heavy atom. The number of carbonyl (C=O) groups excluding carboxylic acids is 2. The molecule has 0 aromatic heterocycles. The first-order valence-corrected chi connectivity index (χ1v) is 3.66. The second kappa shape index (κ2) is 4.64. The first kappa shape index (κ1) is 10.8. The average Bonchev–Trinajstić information content (AvgIpc) is 1.98. The molecule has 0 saturated carbocycles. The molecule has 1 amide bonds. The van der Waals surface area contributed by atoms with Gasteiger partial charge in [-0.3, -0.25) is 4.79 Å². The monoisotopic (exact) mass is 171 g/mol. The van der Waals surface area contributed by atoms with E-state index in [1.54, 1.807) is 13.8 Å². The third-order valence-corrected chi connectivity index (χ3v) is 1.22. The Kier molecular flexibility index (Phi) is 4.18. The molecule has 0 fully saturated rings. The average molecular weight is 171 g/mol. The molecule has 12 heavy (non-hydrogen) atoms. The summed E-state index contributed by atoms with van der Waals surface area (Å²) in [4.78, 5) is 25.1. The van der Waals surface area contributed by atoms with Gasteiger partial charge < -0.3 is 4.74 Å². The van der Waals surface area contributed by atoms with Crippen LogP contribution in [0.3, 0.4) is 0 Å². The Morgan fingerprint density at radius 1 is 1.33 bits per heavy atom. The summed E-state index contributed by atoms with van der Waals surface area (Å²) in [6, 6.07) is 0. The second-order valence-electron chi connectivity index (χ2n) is 2.66. The Balaban J connectivity index is 4.66. The Labute approximate surface area is 71.6 Å². The fraction of sp³-hybridized carbons (Fsp3) is 0.625. The molecule has 68 valence electrons. The molecule has 0 heterocycles. The van der Waals surface area contributed by atoms with Gasteiger partial charge in [-0.15, -0.1) is 0 Å². The normalized spacial score (nSPS) is 11.6. The van der Waals surface area contributed by atoms with Crippen molar-refractivity contribution in [3.05, 3.63) is 0 Å². The lowest BCUT2D eigenvalue weighted by Gasteiger charge is -2.05. The topological polar surface area (TPSA) is 55.7 Å². The van der Waals surface area contributed by atoms with Crippen LogP contribution in [-0.4, -0.2) is 24.7 Å². The van der Waals surface area contributed by atoms with E-state index in [0.717, 1.165) is 0 Å². The van der Waals surface area contributed by atoms with Gasteiger partial charge in [0.25, 0.3) is 0 Å². The largest absolute Gasteiger partial charge is 0.465 e. The highest BCUT2D eigenvalue weighted by atomic mass is 16.5. The van der Waals surface area contributed by atoms with Crippen LogP contribution in [0.2, 0.25) is 0 Å². The van der Waals surface area contributed by atoms with Gasteiger partial charge >= 0.3 is 5.97 Å². The highest BCUT2D eigenvalue weighted by Crippen LogP contribution is 1.99. The predicted molar refractivity (Wildman–Crippen MR) is 45.0 cm³/mol. The zero-order valence-corrected chi connectivity index (χ0v) is 7.75. The van der Waals surface area contributed by atoms with Gasteiger partial charge in [0.2, 0.25) is 5.91 Å². The summed E-state index contributed by atoms with van der Waals surface area (Å²) < 4.78 is 4.45. The fourth-order valence-electron chi connectivity index (χ4n) is 0.685. The van der Waals surface area contributed by atoms with Crippen LogP contribution >= 0.6 is 0 Å². The van der Waals surface area contributed by atoms with Crippen LogP contribution < -0.4 is 0 Å². The predicted octanol–water partition coefficient (Wildman–Crippen LogP) is 0.803. The number of esters is 1. The maximum absolute atomic E-state index is 11.0. The van der Waals surface area contributed by atoms with Crippen LogP contribution in [-0.2, 0) is 14.3 Å². The Morgan fingerprint density at radius 2 is 1.83 bits per heavy atom. The van der Waals surface area contributed by atoms with Gasteiger partial charge in [0.15, 0.2) is 0 Å². The van der Waals surface area contributed by atoms with Crippen molar-refractivity contribution in [1.82, 2.24) is 0 Å². The summed E-state index contributed by atoms with van der Waals surface area (Å²) in [6.07, 6.45) is 0. The van der Waals surface area contributed by atoms with E-state index in [-0.39, 0.29) is 17.5 Å². The van der Waals surface area contributed by atoms with Crippen molar-refractivity contribution in [1.29, 1.82) is 0 Å². The minimum atomic E-state index is -0.541. The van der Waals surface area contributed by atoms with Crippen molar-refractivity contribution in [2.24, 2.45) is 10.9 Å². The molecule has 0 aliphatic carbocycles. The van der Waals surface area contributed by atoms with Crippen LogP contribution in [0.1, 0.15) is 20.8 Å². The summed E-state index contributed by atoms with van der Waals surface area (Å²) in [5, 5.41) is 0. The van der Waals surface area contributed by atoms with Gasteiger partial charge in [0.05, 0.1) is 7.11 Å². The van der Waals surface area contributed by atoms with E-state index in [1.807, 2.05) is 0 Å². The highest BCUT2D eigenvalue weighted by Gasteiger charge is 2.16. The van der Waals surface area contributed by atoms with E-state index in [0.29, 0.717) is 0 Å². The number of rotatable bonds is 2. The van der Waals surface area contributed by atoms with Crippen molar-refractivity contribution in [2.45, 2.75) is 20.8 Å². The van der Waals surface area contributed by atoms with E-state index < -0.39 is 5.97 Å². The maximum Gasteiger partial charge on any atom is 0.352 e. The van der Waals surface area contributed by atoms with Crippen LogP contribution in [0, 0.1) is 5.92 Å². The Bertz CT molecular complexity index is 218. The van der Waals surface area contributed by atoms with Gasteiger partial charge in [-0.05, 0) is 0 Å².